The summed E-state index contributed by atoms with van der Waals surface area (Å²) in [6, 6.07) is 8.14. The highest BCUT2D eigenvalue weighted by molar-refractivity contribution is 6.32. The van der Waals surface area contributed by atoms with Gasteiger partial charge in [0.05, 0.1) is 17.8 Å². The van der Waals surface area contributed by atoms with Crippen LogP contribution in [0.1, 0.15) is 10.5 Å². The molecule has 0 aliphatic carbocycles. The Morgan fingerprint density at radius 2 is 2.10 bits per heavy atom. The molecule has 5 N–H and O–H groups in total. The molecule has 0 aliphatic rings. The highest BCUT2D eigenvalue weighted by Crippen LogP contribution is 2.29. The minimum absolute atomic E-state index is 0.126. The predicted molar refractivity (Wildman–Crippen MR) is 78.5 cm³/mol. The number of anilines is 3. The zero-order chi connectivity index (χ0) is 14.7. The number of hydrogen-bond donors (Lipinski definition) is 3. The Kier molecular flexibility index (Phi) is 3.95. The molecule has 20 heavy (non-hydrogen) atoms. The quantitative estimate of drug-likeness (QED) is 0.801. The van der Waals surface area contributed by atoms with Crippen molar-refractivity contribution in [2.24, 2.45) is 5.73 Å². The Morgan fingerprint density at radius 1 is 1.35 bits per heavy atom. The number of nitrogens with one attached hydrogen (secondary N) is 1. The average molecular weight is 293 g/mol. The highest BCUT2D eigenvalue weighted by atomic mass is 35.5. The lowest BCUT2D eigenvalue weighted by atomic mass is 10.2. The van der Waals surface area contributed by atoms with Crippen molar-refractivity contribution in [3.8, 4) is 5.75 Å². The van der Waals surface area contributed by atoms with E-state index in [2.05, 4.69) is 10.3 Å². The number of halogens is 1. The van der Waals surface area contributed by atoms with Crippen LogP contribution in [0.25, 0.3) is 0 Å². The normalized spacial score (nSPS) is 10.1. The van der Waals surface area contributed by atoms with Crippen LogP contribution < -0.4 is 21.5 Å². The molecule has 1 aromatic carbocycles. The Hall–Kier alpha value is -2.47. The Labute approximate surface area is 120 Å². The van der Waals surface area contributed by atoms with E-state index in [1.54, 1.807) is 24.3 Å². The van der Waals surface area contributed by atoms with Gasteiger partial charge < -0.3 is 21.5 Å². The molecule has 0 radical (unpaired) electrons. The maximum atomic E-state index is 11.1. The number of carbonyl (C=O) groups excluding carboxylic acids is 1. The number of hydrogen-bond acceptors (Lipinski definition) is 5. The van der Waals surface area contributed by atoms with E-state index >= 15 is 0 Å². The van der Waals surface area contributed by atoms with Gasteiger partial charge in [0.15, 0.2) is 5.82 Å². The van der Waals surface area contributed by atoms with Gasteiger partial charge in [-0.1, -0.05) is 11.6 Å². The van der Waals surface area contributed by atoms with Crippen LogP contribution in [0.5, 0.6) is 5.75 Å². The number of rotatable bonds is 4. The third-order valence-corrected chi connectivity index (χ3v) is 2.89. The summed E-state index contributed by atoms with van der Waals surface area (Å²) in [5.74, 6) is 0.271. The lowest BCUT2D eigenvalue weighted by Gasteiger charge is -2.11. The van der Waals surface area contributed by atoms with Gasteiger partial charge in [0.2, 0.25) is 0 Å². The fraction of sp³-hybridized carbons (Fsp3) is 0.0769. The number of primary amides is 1. The SMILES string of the molecule is COc1ccc(Nc2nc(C(N)=O)ccc2N)cc1Cl. The second-order valence-corrected chi connectivity index (χ2v) is 4.38. The number of nitrogens with zero attached hydrogens (tertiary/aromatic N) is 1. The van der Waals surface area contributed by atoms with Gasteiger partial charge in [-0.25, -0.2) is 4.98 Å². The molecule has 2 aromatic rings. The summed E-state index contributed by atoms with van der Waals surface area (Å²) in [5.41, 5.74) is 12.2. The number of benzene rings is 1. The molecule has 0 bridgehead atoms. The largest absolute Gasteiger partial charge is 0.495 e. The van der Waals surface area contributed by atoms with Crippen LogP contribution in [-0.4, -0.2) is 18.0 Å². The molecule has 0 saturated heterocycles. The fourth-order valence-corrected chi connectivity index (χ4v) is 1.85. The molecule has 0 spiro atoms. The summed E-state index contributed by atoms with van der Waals surface area (Å²) in [6.45, 7) is 0. The summed E-state index contributed by atoms with van der Waals surface area (Å²) in [6.07, 6.45) is 0. The van der Waals surface area contributed by atoms with E-state index in [0.29, 0.717) is 28.0 Å². The van der Waals surface area contributed by atoms with E-state index in [0.717, 1.165) is 0 Å². The number of pyridine rings is 1. The van der Waals surface area contributed by atoms with Gasteiger partial charge in [-0.3, -0.25) is 4.79 Å². The van der Waals surface area contributed by atoms with Crippen molar-refractivity contribution in [2.45, 2.75) is 0 Å². The lowest BCUT2D eigenvalue weighted by Crippen LogP contribution is -2.14. The van der Waals surface area contributed by atoms with Crippen molar-refractivity contribution < 1.29 is 9.53 Å². The summed E-state index contributed by atoms with van der Waals surface area (Å²) < 4.78 is 5.06. The lowest BCUT2D eigenvalue weighted by molar-refractivity contribution is 0.0996. The van der Waals surface area contributed by atoms with Gasteiger partial charge in [-0.05, 0) is 30.3 Å². The van der Waals surface area contributed by atoms with Crippen LogP contribution in [0.15, 0.2) is 30.3 Å². The van der Waals surface area contributed by atoms with Crippen LogP contribution in [-0.2, 0) is 0 Å². The number of ether oxygens (including phenoxy) is 1. The molecule has 0 unspecified atom stereocenters. The minimum atomic E-state index is -0.624. The smallest absolute Gasteiger partial charge is 0.267 e. The molecule has 6 nitrogen and oxygen atoms in total. The van der Waals surface area contributed by atoms with Gasteiger partial charge in [0.25, 0.3) is 5.91 Å². The molecule has 0 fully saturated rings. The molecule has 7 heteroatoms. The summed E-state index contributed by atoms with van der Waals surface area (Å²) in [5, 5.41) is 3.42. The topological polar surface area (TPSA) is 103 Å². The van der Waals surface area contributed by atoms with Crippen molar-refractivity contribution >= 4 is 34.7 Å². The second kappa shape index (κ2) is 5.66. The van der Waals surface area contributed by atoms with Gasteiger partial charge in [-0.2, -0.15) is 0 Å². The Balaban J connectivity index is 2.32. The molecule has 1 aromatic heterocycles. The van der Waals surface area contributed by atoms with E-state index in [4.69, 9.17) is 27.8 Å². The van der Waals surface area contributed by atoms with E-state index in [-0.39, 0.29) is 5.69 Å². The molecule has 104 valence electrons. The first-order valence-corrected chi connectivity index (χ1v) is 6.06. The van der Waals surface area contributed by atoms with E-state index in [1.165, 1.54) is 13.2 Å². The van der Waals surface area contributed by atoms with Crippen LogP contribution >= 0.6 is 11.6 Å². The van der Waals surface area contributed by atoms with E-state index in [1.807, 2.05) is 0 Å². The Morgan fingerprint density at radius 3 is 2.70 bits per heavy atom. The number of methoxy groups -OCH3 is 1. The van der Waals surface area contributed by atoms with Crippen LogP contribution in [0.2, 0.25) is 5.02 Å². The van der Waals surface area contributed by atoms with Crippen molar-refractivity contribution in [2.75, 3.05) is 18.2 Å². The molecule has 0 atom stereocenters. The maximum Gasteiger partial charge on any atom is 0.267 e. The molecule has 0 saturated carbocycles. The summed E-state index contributed by atoms with van der Waals surface area (Å²) in [7, 11) is 1.53. The number of aromatic nitrogens is 1. The first-order chi connectivity index (χ1) is 9.51. The van der Waals surface area contributed by atoms with E-state index < -0.39 is 5.91 Å². The van der Waals surface area contributed by atoms with Gasteiger partial charge >= 0.3 is 0 Å². The predicted octanol–water partition coefficient (Wildman–Crippen LogP) is 2.17. The molecule has 0 aliphatic heterocycles. The molecule has 1 amide bonds. The van der Waals surface area contributed by atoms with Crippen molar-refractivity contribution in [3.63, 3.8) is 0 Å². The zero-order valence-corrected chi connectivity index (χ0v) is 11.4. The van der Waals surface area contributed by atoms with Crippen LogP contribution in [0.4, 0.5) is 17.2 Å². The molecule has 2 rings (SSSR count). The Bertz CT molecular complexity index is 661. The molecular formula is C13H13ClN4O2. The number of nitrogens with two attached hydrogens (primary N) is 2. The third-order valence-electron chi connectivity index (χ3n) is 2.59. The fourth-order valence-electron chi connectivity index (χ4n) is 1.59. The standard InChI is InChI=1S/C13H13ClN4O2/c1-20-11-5-2-7(6-8(11)14)17-13-9(15)3-4-10(18-13)12(16)19/h2-6H,15H2,1H3,(H2,16,19)(H,17,18). The average Bonchev–Trinajstić information content (AvgIpc) is 2.41. The monoisotopic (exact) mass is 292 g/mol. The van der Waals surface area contributed by atoms with Gasteiger partial charge in [0, 0.05) is 5.69 Å². The van der Waals surface area contributed by atoms with E-state index in [9.17, 15) is 4.79 Å². The molecule has 1 heterocycles. The minimum Gasteiger partial charge on any atom is -0.495 e. The maximum absolute atomic E-state index is 11.1. The van der Waals surface area contributed by atoms with Gasteiger partial charge in [-0.15, -0.1) is 0 Å². The number of carbonyl (C=O) groups is 1. The van der Waals surface area contributed by atoms with Gasteiger partial charge in [0.1, 0.15) is 11.4 Å². The third kappa shape index (κ3) is 2.92. The zero-order valence-electron chi connectivity index (χ0n) is 10.7. The number of nitrogen functional groups attached to an aromatic ring is 1. The summed E-state index contributed by atoms with van der Waals surface area (Å²) in [4.78, 5) is 15.2. The summed E-state index contributed by atoms with van der Waals surface area (Å²) >= 11 is 6.03. The highest BCUT2D eigenvalue weighted by Gasteiger charge is 2.08. The molecular weight excluding hydrogens is 280 g/mol. The second-order valence-electron chi connectivity index (χ2n) is 3.97. The van der Waals surface area contributed by atoms with Crippen LogP contribution in [0.3, 0.4) is 0 Å². The first kappa shape index (κ1) is 14.0. The van der Waals surface area contributed by atoms with Crippen molar-refractivity contribution in [3.05, 3.63) is 41.0 Å². The number of amides is 1. The van der Waals surface area contributed by atoms with Crippen molar-refractivity contribution in [1.29, 1.82) is 0 Å². The van der Waals surface area contributed by atoms with Crippen molar-refractivity contribution in [1.82, 2.24) is 4.98 Å². The first-order valence-electron chi connectivity index (χ1n) is 5.68. The van der Waals surface area contributed by atoms with Crippen LogP contribution in [0, 0.1) is 0 Å².